The fraction of sp³-hybridized carbons (Fsp3) is 0.150. The number of hydrogen-bond donors (Lipinski definition) is 1. The molecule has 0 spiro atoms. The van der Waals surface area contributed by atoms with Gasteiger partial charge in [-0.05, 0) is 50.3 Å². The summed E-state index contributed by atoms with van der Waals surface area (Å²) in [4.78, 5) is 21.4. The Morgan fingerprint density at radius 1 is 1.33 bits per heavy atom. The summed E-state index contributed by atoms with van der Waals surface area (Å²) in [5.41, 5.74) is 1.77. The minimum Gasteiger partial charge on any atom is -0.506 e. The molecule has 0 fully saturated rings. The largest absolute Gasteiger partial charge is 0.506 e. The van der Waals surface area contributed by atoms with Gasteiger partial charge in [0.05, 0.1) is 22.9 Å². The Morgan fingerprint density at radius 2 is 2.11 bits per heavy atom. The van der Waals surface area contributed by atoms with Gasteiger partial charge >= 0.3 is 5.97 Å². The fourth-order valence-electron chi connectivity index (χ4n) is 2.43. The van der Waals surface area contributed by atoms with E-state index >= 15 is 0 Å². The van der Waals surface area contributed by atoms with E-state index < -0.39 is 11.8 Å². The van der Waals surface area contributed by atoms with Gasteiger partial charge in [0.2, 0.25) is 0 Å². The summed E-state index contributed by atoms with van der Waals surface area (Å²) >= 11 is 1.11. The number of thioether (sulfide) groups is 1. The SMILES string of the molecule is CCOC(=O)C1=C(O)/C(=C\c2cccc(C)n2)SC1=Nc1cccc(F)c1. The van der Waals surface area contributed by atoms with Crippen molar-refractivity contribution in [3.8, 4) is 0 Å². The van der Waals surface area contributed by atoms with Crippen LogP contribution in [0, 0.1) is 12.7 Å². The maximum absolute atomic E-state index is 13.4. The number of ether oxygens (including phenoxy) is 1. The fourth-order valence-corrected chi connectivity index (χ4v) is 3.45. The van der Waals surface area contributed by atoms with Gasteiger partial charge in [-0.25, -0.2) is 14.2 Å². The van der Waals surface area contributed by atoms with Crippen LogP contribution in [0.25, 0.3) is 6.08 Å². The predicted molar refractivity (Wildman–Crippen MR) is 104 cm³/mol. The molecule has 138 valence electrons. The summed E-state index contributed by atoms with van der Waals surface area (Å²) in [6.07, 6.45) is 1.67. The normalized spacial score (nSPS) is 17.0. The molecule has 0 radical (unpaired) electrons. The second-order valence-corrected chi connectivity index (χ2v) is 6.69. The first-order valence-corrected chi connectivity index (χ1v) is 9.08. The van der Waals surface area contributed by atoms with Crippen molar-refractivity contribution in [1.29, 1.82) is 0 Å². The summed E-state index contributed by atoms with van der Waals surface area (Å²) < 4.78 is 18.5. The van der Waals surface area contributed by atoms with Crippen LogP contribution >= 0.6 is 11.8 Å². The zero-order valence-electron chi connectivity index (χ0n) is 14.8. The summed E-state index contributed by atoms with van der Waals surface area (Å²) in [5.74, 6) is -1.35. The van der Waals surface area contributed by atoms with Gasteiger partial charge in [0.15, 0.2) is 0 Å². The third-order valence-electron chi connectivity index (χ3n) is 3.60. The van der Waals surface area contributed by atoms with Crippen molar-refractivity contribution in [2.24, 2.45) is 4.99 Å². The Kier molecular flexibility index (Phi) is 5.71. The molecule has 0 unspecified atom stereocenters. The van der Waals surface area contributed by atoms with Crippen LogP contribution in [0.3, 0.4) is 0 Å². The minimum absolute atomic E-state index is 0.0370. The van der Waals surface area contributed by atoms with Crippen molar-refractivity contribution in [3.05, 3.63) is 75.9 Å². The molecule has 0 atom stereocenters. The number of carbonyl (C=O) groups is 1. The Morgan fingerprint density at radius 3 is 2.81 bits per heavy atom. The van der Waals surface area contributed by atoms with E-state index in [9.17, 15) is 14.3 Å². The van der Waals surface area contributed by atoms with E-state index in [-0.39, 0.29) is 23.0 Å². The standard InChI is InChI=1S/C20H17FN2O3S/c1-3-26-20(25)17-18(24)16(11-15-8-4-6-12(2)22-15)27-19(17)23-14-9-5-7-13(21)10-14/h4-11,24H,3H2,1-2H3/b16-11+,23-19?. The molecule has 0 amide bonds. The maximum Gasteiger partial charge on any atom is 0.344 e. The maximum atomic E-state index is 13.4. The van der Waals surface area contributed by atoms with Gasteiger partial charge in [-0.2, -0.15) is 0 Å². The molecule has 27 heavy (non-hydrogen) atoms. The topological polar surface area (TPSA) is 71.8 Å². The van der Waals surface area contributed by atoms with Crippen molar-refractivity contribution >= 4 is 34.5 Å². The number of nitrogens with zero attached hydrogens (tertiary/aromatic N) is 2. The van der Waals surface area contributed by atoms with Gasteiger partial charge in [-0.1, -0.05) is 23.9 Å². The van der Waals surface area contributed by atoms with Crippen LogP contribution in [0.1, 0.15) is 18.3 Å². The van der Waals surface area contributed by atoms with Crippen molar-refractivity contribution < 1.29 is 19.0 Å². The highest BCUT2D eigenvalue weighted by Gasteiger charge is 2.33. The first-order chi connectivity index (χ1) is 13.0. The molecule has 7 heteroatoms. The lowest BCUT2D eigenvalue weighted by Crippen LogP contribution is -2.12. The summed E-state index contributed by atoms with van der Waals surface area (Å²) in [7, 11) is 0. The van der Waals surface area contributed by atoms with Crippen molar-refractivity contribution in [3.63, 3.8) is 0 Å². The van der Waals surface area contributed by atoms with Gasteiger partial charge in [-0.15, -0.1) is 0 Å². The van der Waals surface area contributed by atoms with Gasteiger partial charge < -0.3 is 9.84 Å². The van der Waals surface area contributed by atoms with E-state index in [1.807, 2.05) is 19.1 Å². The van der Waals surface area contributed by atoms with Crippen LogP contribution in [0.15, 0.2) is 63.7 Å². The molecule has 2 heterocycles. The van der Waals surface area contributed by atoms with Gasteiger partial charge in [0, 0.05) is 5.69 Å². The smallest absolute Gasteiger partial charge is 0.344 e. The molecule has 1 aromatic heterocycles. The number of aliphatic hydroxyl groups excluding tert-OH is 1. The number of pyridine rings is 1. The zero-order valence-corrected chi connectivity index (χ0v) is 15.6. The van der Waals surface area contributed by atoms with E-state index in [0.717, 1.165) is 17.5 Å². The van der Waals surface area contributed by atoms with Crippen LogP contribution in [0.4, 0.5) is 10.1 Å². The number of rotatable bonds is 4. The monoisotopic (exact) mass is 384 g/mol. The first kappa shape index (κ1) is 18.8. The molecular weight excluding hydrogens is 367 g/mol. The molecular formula is C20H17FN2O3S. The second kappa shape index (κ2) is 8.18. The molecule has 2 aromatic rings. The Bertz CT molecular complexity index is 983. The van der Waals surface area contributed by atoms with Crippen molar-refractivity contribution in [1.82, 2.24) is 4.98 Å². The van der Waals surface area contributed by atoms with Crippen LogP contribution in [0.5, 0.6) is 0 Å². The van der Waals surface area contributed by atoms with E-state index in [1.54, 1.807) is 25.1 Å². The third-order valence-corrected chi connectivity index (χ3v) is 4.62. The van der Waals surface area contributed by atoms with Gasteiger partial charge in [0.1, 0.15) is 22.2 Å². The summed E-state index contributed by atoms with van der Waals surface area (Å²) in [6, 6.07) is 11.2. The van der Waals surface area contributed by atoms with Crippen molar-refractivity contribution in [2.45, 2.75) is 13.8 Å². The minimum atomic E-state index is -0.682. The van der Waals surface area contributed by atoms with Crippen molar-refractivity contribution in [2.75, 3.05) is 6.61 Å². The van der Waals surface area contributed by atoms with Crippen LogP contribution in [0.2, 0.25) is 0 Å². The number of halogens is 1. The second-order valence-electron chi connectivity index (χ2n) is 5.66. The Balaban J connectivity index is 2.05. The molecule has 1 N–H and O–H groups in total. The van der Waals surface area contributed by atoms with E-state index in [4.69, 9.17) is 4.74 Å². The average molecular weight is 384 g/mol. The third kappa shape index (κ3) is 4.43. The lowest BCUT2D eigenvalue weighted by molar-refractivity contribution is -0.138. The molecule has 5 nitrogen and oxygen atoms in total. The molecule has 0 aliphatic carbocycles. The number of aryl methyl sites for hydroxylation is 1. The highest BCUT2D eigenvalue weighted by molar-refractivity contribution is 8.18. The lowest BCUT2D eigenvalue weighted by atomic mass is 10.2. The molecule has 1 aliphatic rings. The molecule has 0 saturated heterocycles. The average Bonchev–Trinajstić information content (AvgIpc) is 2.90. The van der Waals surface area contributed by atoms with E-state index in [2.05, 4.69) is 9.98 Å². The van der Waals surface area contributed by atoms with Crippen LogP contribution in [-0.2, 0) is 9.53 Å². The highest BCUT2D eigenvalue weighted by Crippen LogP contribution is 2.40. The van der Waals surface area contributed by atoms with Crippen LogP contribution < -0.4 is 0 Å². The number of benzene rings is 1. The Labute approximate surface area is 160 Å². The molecule has 3 rings (SSSR count). The molecule has 1 aromatic carbocycles. The first-order valence-electron chi connectivity index (χ1n) is 8.26. The zero-order chi connectivity index (χ0) is 19.4. The number of aromatic nitrogens is 1. The number of aliphatic hydroxyl groups is 1. The lowest BCUT2D eigenvalue weighted by Gasteiger charge is -2.03. The van der Waals surface area contributed by atoms with Crippen LogP contribution in [-0.4, -0.2) is 27.7 Å². The van der Waals surface area contributed by atoms with E-state index in [0.29, 0.717) is 16.3 Å². The number of carbonyl (C=O) groups excluding carboxylic acids is 1. The van der Waals surface area contributed by atoms with E-state index in [1.165, 1.54) is 18.2 Å². The predicted octanol–water partition coefficient (Wildman–Crippen LogP) is 4.72. The summed E-state index contributed by atoms with van der Waals surface area (Å²) in [6.45, 7) is 3.70. The summed E-state index contributed by atoms with van der Waals surface area (Å²) in [5, 5.41) is 10.8. The number of hydrogen-bond acceptors (Lipinski definition) is 6. The van der Waals surface area contributed by atoms with Gasteiger partial charge in [0.25, 0.3) is 0 Å². The highest BCUT2D eigenvalue weighted by atomic mass is 32.2. The number of aliphatic imine (C=N–C) groups is 1. The molecule has 0 saturated carbocycles. The Hall–Kier alpha value is -2.93. The number of esters is 1. The van der Waals surface area contributed by atoms with Gasteiger partial charge in [-0.3, -0.25) is 4.98 Å². The quantitative estimate of drug-likeness (QED) is 0.772. The molecule has 1 aliphatic heterocycles. The molecule has 0 bridgehead atoms.